The average molecular weight is 694 g/mol. The third-order valence-electron chi connectivity index (χ3n) is 13.8. The molecular formula is C39H53O9Si. The van der Waals surface area contributed by atoms with Crippen LogP contribution >= 0.6 is 0 Å². The molecule has 13 atom stereocenters. The van der Waals surface area contributed by atoms with Gasteiger partial charge in [-0.3, -0.25) is 9.53 Å². The first-order valence-corrected chi connectivity index (χ1v) is 20.8. The Labute approximate surface area is 292 Å². The van der Waals surface area contributed by atoms with Crippen molar-refractivity contribution in [3.05, 3.63) is 47.5 Å². The fourth-order valence-electron chi connectivity index (χ4n) is 12.3. The van der Waals surface area contributed by atoms with Crippen LogP contribution < -0.4 is 0 Å². The zero-order valence-corrected chi connectivity index (χ0v) is 31.2. The minimum atomic E-state index is -1.55. The third-order valence-corrected chi connectivity index (χ3v) is 14.5. The summed E-state index contributed by atoms with van der Waals surface area (Å²) >= 11 is 0. The van der Waals surface area contributed by atoms with Crippen molar-refractivity contribution in [2.45, 2.75) is 117 Å². The van der Waals surface area contributed by atoms with Gasteiger partial charge in [-0.15, -0.1) is 0 Å². The number of carboxylic acids is 1. The van der Waals surface area contributed by atoms with Crippen LogP contribution in [0.3, 0.4) is 0 Å². The summed E-state index contributed by atoms with van der Waals surface area (Å²) in [5, 5.41) is 11.5. The fourth-order valence-corrected chi connectivity index (χ4v) is 13.1. The van der Waals surface area contributed by atoms with Gasteiger partial charge in [-0.2, -0.15) is 0 Å². The van der Waals surface area contributed by atoms with E-state index in [2.05, 4.69) is 47.6 Å². The largest absolute Gasteiger partial charge is 0.481 e. The molecule has 1 aromatic carbocycles. The van der Waals surface area contributed by atoms with Crippen molar-refractivity contribution in [1.29, 1.82) is 0 Å². The molecule has 9 nitrogen and oxygen atoms in total. The van der Waals surface area contributed by atoms with Crippen molar-refractivity contribution in [3.8, 4) is 0 Å². The maximum atomic E-state index is 14.1. The molecule has 0 spiro atoms. The summed E-state index contributed by atoms with van der Waals surface area (Å²) in [5.74, 6) is -3.79. The van der Waals surface area contributed by atoms with E-state index in [4.69, 9.17) is 28.1 Å². The van der Waals surface area contributed by atoms with Crippen molar-refractivity contribution < 1.29 is 42.8 Å². The minimum absolute atomic E-state index is 0.0241. The van der Waals surface area contributed by atoms with Crippen molar-refractivity contribution in [3.63, 3.8) is 0 Å². The van der Waals surface area contributed by atoms with Crippen LogP contribution in [0.5, 0.6) is 0 Å². The molecule has 267 valence electrons. The molecule has 3 saturated carbocycles. The number of hydrogen-bond acceptors (Lipinski definition) is 8. The van der Waals surface area contributed by atoms with Gasteiger partial charge in [-0.1, -0.05) is 89.9 Å². The zero-order valence-electron chi connectivity index (χ0n) is 30.2. The Balaban J connectivity index is 1.20. The van der Waals surface area contributed by atoms with Crippen LogP contribution in [0.4, 0.5) is 0 Å². The summed E-state index contributed by atoms with van der Waals surface area (Å²) in [4.78, 5) is 27.7. The van der Waals surface area contributed by atoms with E-state index in [9.17, 15) is 14.7 Å². The number of carboxylic acid groups (broad SMARTS) is 1. The van der Waals surface area contributed by atoms with Gasteiger partial charge in [-0.25, -0.2) is 0 Å². The highest BCUT2D eigenvalue weighted by Crippen LogP contribution is 2.83. The van der Waals surface area contributed by atoms with Crippen molar-refractivity contribution >= 4 is 21.3 Å². The SMILES string of the molecule is CC(C)C1=CC2CC3(C=O)C4CCC(C)C4CC2(COC24OC5C(OCc6ccccc6)C(OC5(O[Si](C)C)O2)C4C(C)(C)C)C13C(=O)O. The highest BCUT2D eigenvalue weighted by atomic mass is 28.3. The average Bonchev–Trinajstić information content (AvgIpc) is 3.72. The number of carbonyl (C=O) groups is 2. The Kier molecular flexibility index (Phi) is 7.70. The van der Waals surface area contributed by atoms with Crippen molar-refractivity contribution in [2.75, 3.05) is 6.61 Å². The van der Waals surface area contributed by atoms with Crippen LogP contribution in [-0.2, 0) is 44.3 Å². The summed E-state index contributed by atoms with van der Waals surface area (Å²) in [6.45, 7) is 17.3. The predicted octanol–water partition coefficient (Wildman–Crippen LogP) is 6.58. The molecule has 4 aliphatic carbocycles. The van der Waals surface area contributed by atoms with E-state index in [1.54, 1.807) is 0 Å². The monoisotopic (exact) mass is 693 g/mol. The first-order valence-electron chi connectivity index (χ1n) is 18.4. The van der Waals surface area contributed by atoms with Gasteiger partial charge >= 0.3 is 11.9 Å². The molecule has 4 saturated heterocycles. The summed E-state index contributed by atoms with van der Waals surface area (Å²) in [7, 11) is -1.33. The Morgan fingerprint density at radius 2 is 1.84 bits per heavy atom. The molecule has 4 aliphatic heterocycles. The number of carbonyl (C=O) groups excluding carboxylic acids is 1. The second kappa shape index (κ2) is 11.0. The van der Waals surface area contributed by atoms with Gasteiger partial charge in [0.2, 0.25) is 9.04 Å². The zero-order chi connectivity index (χ0) is 34.9. The van der Waals surface area contributed by atoms with Gasteiger partial charge in [0.15, 0.2) is 6.10 Å². The molecule has 4 heterocycles. The molecule has 10 heteroatoms. The van der Waals surface area contributed by atoms with Gasteiger partial charge in [0.1, 0.15) is 23.9 Å². The quantitative estimate of drug-likeness (QED) is 0.156. The fraction of sp³-hybridized carbons (Fsp3) is 0.744. The summed E-state index contributed by atoms with van der Waals surface area (Å²) in [6, 6.07) is 10.0. The normalized spacial score (nSPS) is 47.3. The van der Waals surface area contributed by atoms with Crippen molar-refractivity contribution in [1.82, 2.24) is 0 Å². The molecule has 13 unspecified atom stereocenters. The lowest BCUT2D eigenvalue weighted by molar-refractivity contribution is -0.491. The number of aldehydes is 1. The van der Waals surface area contributed by atoms with Crippen LogP contribution in [0, 0.1) is 57.2 Å². The summed E-state index contributed by atoms with van der Waals surface area (Å²) < 4.78 is 40.9. The maximum Gasteiger partial charge on any atom is 0.315 e. The Bertz CT molecular complexity index is 1540. The smallest absolute Gasteiger partial charge is 0.315 e. The van der Waals surface area contributed by atoms with E-state index in [0.29, 0.717) is 25.4 Å². The lowest BCUT2D eigenvalue weighted by Crippen LogP contribution is -2.66. The minimum Gasteiger partial charge on any atom is -0.481 e. The van der Waals surface area contributed by atoms with Crippen LogP contribution in [0.25, 0.3) is 0 Å². The molecule has 8 aliphatic rings. The summed E-state index contributed by atoms with van der Waals surface area (Å²) in [6.07, 6.45) is 4.78. The molecule has 8 bridgehead atoms. The second-order valence-electron chi connectivity index (χ2n) is 17.8. The number of allylic oxidation sites excluding steroid dienone is 1. The second-order valence-corrected chi connectivity index (χ2v) is 19.8. The van der Waals surface area contributed by atoms with Crippen LogP contribution in [0.15, 0.2) is 42.0 Å². The number of rotatable bonds is 11. The van der Waals surface area contributed by atoms with Crippen LogP contribution in [0.2, 0.25) is 13.1 Å². The van der Waals surface area contributed by atoms with E-state index < -0.39 is 72.8 Å². The molecule has 1 N–H and O–H groups in total. The first-order chi connectivity index (χ1) is 23.1. The standard InChI is InChI=1S/C39H53O9Si/c1-22(2)28-16-25-17-35(20-40)27-15-14-23(3)26(27)18-36(25,37(28,35)33(41)42)21-44-38-31(34(4,5)6)29-30(43-19-24-12-10-9-11-13-24)32(46-38)39(45-29,47-38)48-49(7)8/h9-13,16,20,22-23,25-27,29-32H,14-15,17-19,21H2,1-8H3,(H,41,42). The topological polar surface area (TPSA) is 110 Å². The number of ether oxygens (including phenoxy) is 5. The van der Waals surface area contributed by atoms with Gasteiger partial charge in [0.25, 0.3) is 5.97 Å². The van der Waals surface area contributed by atoms with E-state index >= 15 is 0 Å². The Morgan fingerprint density at radius 1 is 1.10 bits per heavy atom. The lowest BCUT2D eigenvalue weighted by Gasteiger charge is -2.59. The Morgan fingerprint density at radius 3 is 2.47 bits per heavy atom. The molecular weight excluding hydrogens is 641 g/mol. The molecule has 0 aromatic heterocycles. The number of hydrogen-bond donors (Lipinski definition) is 1. The molecule has 9 rings (SSSR count). The van der Waals surface area contributed by atoms with Crippen LogP contribution in [0.1, 0.15) is 72.8 Å². The number of aliphatic carboxylic acids is 1. The third kappa shape index (κ3) is 4.25. The van der Waals surface area contributed by atoms with E-state index in [1.165, 1.54) is 0 Å². The summed E-state index contributed by atoms with van der Waals surface area (Å²) in [5.41, 5.74) is -1.65. The molecule has 1 aromatic rings. The van der Waals surface area contributed by atoms with Crippen molar-refractivity contribution in [2.24, 2.45) is 57.2 Å². The van der Waals surface area contributed by atoms with E-state index in [1.807, 2.05) is 43.4 Å². The van der Waals surface area contributed by atoms with E-state index in [0.717, 1.165) is 30.3 Å². The van der Waals surface area contributed by atoms with Gasteiger partial charge < -0.3 is 33.3 Å². The molecule has 49 heavy (non-hydrogen) atoms. The number of fused-ring (bicyclic) bond motifs is 2. The maximum absolute atomic E-state index is 14.1. The Hall–Kier alpha value is -1.92. The first kappa shape index (κ1) is 34.2. The van der Waals surface area contributed by atoms with Gasteiger partial charge in [-0.05, 0) is 72.9 Å². The predicted molar refractivity (Wildman–Crippen MR) is 181 cm³/mol. The van der Waals surface area contributed by atoms with Crippen LogP contribution in [-0.4, -0.2) is 63.3 Å². The van der Waals surface area contributed by atoms with Gasteiger partial charge in [0.05, 0.1) is 24.5 Å². The molecule has 0 amide bonds. The molecule has 1 radical (unpaired) electrons. The molecule has 7 fully saturated rings. The van der Waals surface area contributed by atoms with Gasteiger partial charge in [0, 0.05) is 5.41 Å². The van der Waals surface area contributed by atoms with E-state index in [-0.39, 0.29) is 30.3 Å². The number of benzene rings is 1. The highest BCUT2D eigenvalue weighted by Gasteiger charge is 2.86. The highest BCUT2D eigenvalue weighted by molar-refractivity contribution is 6.48. The lowest BCUT2D eigenvalue weighted by atomic mass is 9.43.